The standard InChI is InChI=1S/C13H16ClNO3/c1-8-11(5-6-18-8)15(2)13(17)10-7-9(14)3-4-12(10)16/h3-4,7-8,11,16H,5-6H2,1-2H3. The second kappa shape index (κ2) is 5.16. The number of hydrogen-bond donors (Lipinski definition) is 1. The van der Waals surface area contributed by atoms with Gasteiger partial charge in [-0.2, -0.15) is 0 Å². The van der Waals surface area contributed by atoms with Crippen molar-refractivity contribution < 1.29 is 14.6 Å². The first-order valence-corrected chi connectivity index (χ1v) is 6.26. The summed E-state index contributed by atoms with van der Waals surface area (Å²) in [5.41, 5.74) is 0.226. The van der Waals surface area contributed by atoms with Gasteiger partial charge in [0.15, 0.2) is 0 Å². The number of hydrogen-bond acceptors (Lipinski definition) is 3. The van der Waals surface area contributed by atoms with Gasteiger partial charge in [0.25, 0.3) is 5.91 Å². The van der Waals surface area contributed by atoms with Gasteiger partial charge in [-0.3, -0.25) is 4.79 Å². The summed E-state index contributed by atoms with van der Waals surface area (Å²) in [6, 6.07) is 4.50. The van der Waals surface area contributed by atoms with Crippen LogP contribution in [0.3, 0.4) is 0 Å². The lowest BCUT2D eigenvalue weighted by molar-refractivity contribution is 0.0572. The second-order valence-corrected chi connectivity index (χ2v) is 4.95. The Kier molecular flexibility index (Phi) is 3.78. The van der Waals surface area contributed by atoms with Crippen LogP contribution in [0.25, 0.3) is 0 Å². The third-order valence-electron chi connectivity index (χ3n) is 3.34. The van der Waals surface area contributed by atoms with Gasteiger partial charge in [-0.05, 0) is 31.5 Å². The topological polar surface area (TPSA) is 49.8 Å². The van der Waals surface area contributed by atoms with Gasteiger partial charge >= 0.3 is 0 Å². The Bertz CT molecular complexity index is 464. The normalized spacial score (nSPS) is 23.1. The van der Waals surface area contributed by atoms with E-state index < -0.39 is 0 Å². The molecule has 1 aliphatic rings. The highest BCUT2D eigenvalue weighted by Crippen LogP contribution is 2.25. The zero-order chi connectivity index (χ0) is 13.3. The van der Waals surface area contributed by atoms with E-state index in [0.29, 0.717) is 11.6 Å². The van der Waals surface area contributed by atoms with Crippen molar-refractivity contribution in [3.8, 4) is 5.75 Å². The van der Waals surface area contributed by atoms with Crippen LogP contribution in [-0.2, 0) is 4.74 Å². The van der Waals surface area contributed by atoms with Crippen molar-refractivity contribution in [2.45, 2.75) is 25.5 Å². The van der Waals surface area contributed by atoms with Crippen LogP contribution in [0, 0.1) is 0 Å². The van der Waals surface area contributed by atoms with Crippen LogP contribution in [0.15, 0.2) is 18.2 Å². The molecule has 1 amide bonds. The molecule has 2 rings (SSSR count). The van der Waals surface area contributed by atoms with Crippen molar-refractivity contribution in [3.05, 3.63) is 28.8 Å². The fourth-order valence-electron chi connectivity index (χ4n) is 2.25. The maximum absolute atomic E-state index is 12.3. The predicted molar refractivity (Wildman–Crippen MR) is 69.0 cm³/mol. The fourth-order valence-corrected chi connectivity index (χ4v) is 2.42. The minimum atomic E-state index is -0.239. The molecule has 1 aromatic rings. The molecule has 1 fully saturated rings. The average Bonchev–Trinajstić information content (AvgIpc) is 2.77. The molecule has 0 spiro atoms. The monoisotopic (exact) mass is 269 g/mol. The summed E-state index contributed by atoms with van der Waals surface area (Å²) in [6.45, 7) is 2.60. The Labute approximate surface area is 111 Å². The summed E-state index contributed by atoms with van der Waals surface area (Å²) in [5, 5.41) is 10.2. The molecule has 1 aromatic carbocycles. The molecular weight excluding hydrogens is 254 g/mol. The number of likely N-dealkylation sites (N-methyl/N-ethyl adjacent to an activating group) is 1. The van der Waals surface area contributed by atoms with Gasteiger partial charge in [0, 0.05) is 18.7 Å². The highest BCUT2D eigenvalue weighted by Gasteiger charge is 2.31. The quantitative estimate of drug-likeness (QED) is 0.896. The molecule has 98 valence electrons. The molecule has 1 heterocycles. The van der Waals surface area contributed by atoms with Gasteiger partial charge in [-0.1, -0.05) is 11.6 Å². The highest BCUT2D eigenvalue weighted by molar-refractivity contribution is 6.31. The van der Waals surface area contributed by atoms with Crippen LogP contribution in [0.5, 0.6) is 5.75 Å². The van der Waals surface area contributed by atoms with Crippen LogP contribution in [0.1, 0.15) is 23.7 Å². The zero-order valence-electron chi connectivity index (χ0n) is 10.4. The molecule has 0 bridgehead atoms. The number of phenolic OH excluding ortho intramolecular Hbond substituents is 1. The number of aromatic hydroxyl groups is 1. The van der Waals surface area contributed by atoms with Crippen LogP contribution < -0.4 is 0 Å². The van der Waals surface area contributed by atoms with Gasteiger partial charge in [-0.25, -0.2) is 0 Å². The first-order chi connectivity index (χ1) is 8.50. The van der Waals surface area contributed by atoms with E-state index in [-0.39, 0.29) is 29.4 Å². The van der Waals surface area contributed by atoms with Crippen molar-refractivity contribution in [3.63, 3.8) is 0 Å². The lowest BCUT2D eigenvalue weighted by atomic mass is 10.1. The van der Waals surface area contributed by atoms with E-state index in [4.69, 9.17) is 16.3 Å². The molecule has 18 heavy (non-hydrogen) atoms. The van der Waals surface area contributed by atoms with E-state index in [1.807, 2.05) is 6.92 Å². The Hall–Kier alpha value is -1.26. The van der Waals surface area contributed by atoms with Gasteiger partial charge in [-0.15, -0.1) is 0 Å². The van der Waals surface area contributed by atoms with Crippen molar-refractivity contribution in [2.24, 2.45) is 0 Å². The number of phenols is 1. The molecule has 1 N–H and O–H groups in total. The van der Waals surface area contributed by atoms with E-state index in [0.717, 1.165) is 6.42 Å². The third-order valence-corrected chi connectivity index (χ3v) is 3.58. The Balaban J connectivity index is 2.22. The fraction of sp³-hybridized carbons (Fsp3) is 0.462. The Morgan fingerprint density at radius 2 is 2.28 bits per heavy atom. The number of carbonyl (C=O) groups is 1. The van der Waals surface area contributed by atoms with E-state index in [1.165, 1.54) is 12.1 Å². The minimum Gasteiger partial charge on any atom is -0.507 e. The van der Waals surface area contributed by atoms with Crippen LogP contribution in [0.4, 0.5) is 0 Å². The van der Waals surface area contributed by atoms with E-state index in [2.05, 4.69) is 0 Å². The summed E-state index contributed by atoms with van der Waals surface area (Å²) in [6.07, 6.45) is 0.824. The number of nitrogens with zero attached hydrogens (tertiary/aromatic N) is 1. The second-order valence-electron chi connectivity index (χ2n) is 4.51. The van der Waals surface area contributed by atoms with E-state index in [1.54, 1.807) is 18.0 Å². The van der Waals surface area contributed by atoms with Gasteiger partial charge < -0.3 is 14.7 Å². The first kappa shape index (κ1) is 13.2. The Morgan fingerprint density at radius 1 is 1.56 bits per heavy atom. The summed E-state index contributed by atoms with van der Waals surface area (Å²) in [5.74, 6) is -0.292. The summed E-state index contributed by atoms with van der Waals surface area (Å²) < 4.78 is 5.44. The molecule has 0 aromatic heterocycles. The lowest BCUT2D eigenvalue weighted by Crippen LogP contribution is -2.41. The highest BCUT2D eigenvalue weighted by atomic mass is 35.5. The smallest absolute Gasteiger partial charge is 0.257 e. The van der Waals surface area contributed by atoms with Crippen molar-refractivity contribution in [1.29, 1.82) is 0 Å². The average molecular weight is 270 g/mol. The van der Waals surface area contributed by atoms with Crippen LogP contribution in [-0.4, -0.2) is 41.7 Å². The molecule has 0 aliphatic carbocycles. The first-order valence-electron chi connectivity index (χ1n) is 5.88. The largest absolute Gasteiger partial charge is 0.507 e. The van der Waals surface area contributed by atoms with E-state index in [9.17, 15) is 9.90 Å². The predicted octanol–water partition coefficient (Wildman–Crippen LogP) is 2.30. The number of halogens is 1. The Morgan fingerprint density at radius 3 is 2.89 bits per heavy atom. The molecule has 1 saturated heterocycles. The molecular formula is C13H16ClNO3. The maximum atomic E-state index is 12.3. The summed E-state index contributed by atoms with van der Waals surface area (Å²) in [7, 11) is 1.72. The van der Waals surface area contributed by atoms with Crippen LogP contribution in [0.2, 0.25) is 5.02 Å². The summed E-state index contributed by atoms with van der Waals surface area (Å²) in [4.78, 5) is 13.9. The van der Waals surface area contributed by atoms with Crippen molar-refractivity contribution in [2.75, 3.05) is 13.7 Å². The molecule has 0 saturated carbocycles. The van der Waals surface area contributed by atoms with Gasteiger partial charge in [0.2, 0.25) is 0 Å². The number of benzene rings is 1. The summed E-state index contributed by atoms with van der Waals surface area (Å²) >= 11 is 5.85. The van der Waals surface area contributed by atoms with E-state index >= 15 is 0 Å². The number of rotatable bonds is 2. The molecule has 0 radical (unpaired) electrons. The molecule has 4 nitrogen and oxygen atoms in total. The number of amides is 1. The molecule has 5 heteroatoms. The van der Waals surface area contributed by atoms with Crippen LogP contribution >= 0.6 is 11.6 Å². The minimum absolute atomic E-state index is 0.0141. The maximum Gasteiger partial charge on any atom is 0.257 e. The number of carbonyl (C=O) groups excluding carboxylic acids is 1. The van der Waals surface area contributed by atoms with Gasteiger partial charge in [0.05, 0.1) is 17.7 Å². The number of ether oxygens (including phenoxy) is 1. The van der Waals surface area contributed by atoms with Gasteiger partial charge in [0.1, 0.15) is 5.75 Å². The SMILES string of the molecule is CC1OCCC1N(C)C(=O)c1cc(Cl)ccc1O. The molecule has 1 aliphatic heterocycles. The lowest BCUT2D eigenvalue weighted by Gasteiger charge is -2.27. The molecule has 2 unspecified atom stereocenters. The van der Waals surface area contributed by atoms with Crippen molar-refractivity contribution >= 4 is 17.5 Å². The third kappa shape index (κ3) is 2.44. The zero-order valence-corrected chi connectivity index (χ0v) is 11.1. The molecule has 2 atom stereocenters. The van der Waals surface area contributed by atoms with Crippen molar-refractivity contribution in [1.82, 2.24) is 4.90 Å².